The van der Waals surface area contributed by atoms with Crippen LogP contribution in [-0.2, 0) is 9.59 Å². The van der Waals surface area contributed by atoms with Gasteiger partial charge >= 0.3 is 0 Å². The normalized spacial score (nSPS) is 38.1. The van der Waals surface area contributed by atoms with Gasteiger partial charge in [0.25, 0.3) is 0 Å². The van der Waals surface area contributed by atoms with Crippen LogP contribution in [0.25, 0.3) is 0 Å². The third-order valence-corrected chi connectivity index (χ3v) is 4.56. The number of rotatable bonds is 1. The highest BCUT2D eigenvalue weighted by Crippen LogP contribution is 2.45. The average Bonchev–Trinajstić information content (AvgIpc) is 2.20. The van der Waals surface area contributed by atoms with Crippen molar-refractivity contribution in [2.75, 3.05) is 0 Å². The molecule has 0 bridgehead atoms. The summed E-state index contributed by atoms with van der Waals surface area (Å²) in [6, 6.07) is 0. The standard InChI is InChI=1S/C15H22O2/c1-8(2)15-12-5-10(4)13(16)7-11(12)9(3)6-14(15)17/h5,8-9,11-12,15H,6-7H2,1-4H3/t9?,11-,12-,15?/m1/s1. The van der Waals surface area contributed by atoms with E-state index in [0.29, 0.717) is 42.3 Å². The monoisotopic (exact) mass is 234 g/mol. The van der Waals surface area contributed by atoms with Gasteiger partial charge in [-0.3, -0.25) is 9.59 Å². The molecule has 0 aliphatic heterocycles. The van der Waals surface area contributed by atoms with E-state index in [2.05, 4.69) is 26.8 Å². The van der Waals surface area contributed by atoms with E-state index in [1.165, 1.54) is 0 Å². The quantitative estimate of drug-likeness (QED) is 0.699. The highest BCUT2D eigenvalue weighted by molar-refractivity contribution is 5.96. The van der Waals surface area contributed by atoms with Crippen molar-refractivity contribution in [1.29, 1.82) is 0 Å². The topological polar surface area (TPSA) is 34.1 Å². The fourth-order valence-corrected chi connectivity index (χ4v) is 3.60. The van der Waals surface area contributed by atoms with Gasteiger partial charge in [0.2, 0.25) is 0 Å². The molecule has 4 atom stereocenters. The summed E-state index contributed by atoms with van der Waals surface area (Å²) < 4.78 is 0. The first-order chi connectivity index (χ1) is 7.91. The first-order valence-electron chi connectivity index (χ1n) is 6.66. The Bertz CT molecular complexity index is 378. The predicted molar refractivity (Wildman–Crippen MR) is 67.5 cm³/mol. The summed E-state index contributed by atoms with van der Waals surface area (Å²) >= 11 is 0. The predicted octanol–water partition coefficient (Wildman–Crippen LogP) is 3.02. The number of Topliss-reactive ketones (excluding diaryl/α,β-unsaturated/α-hetero) is 2. The third kappa shape index (κ3) is 2.10. The molecular formula is C15H22O2. The SMILES string of the molecule is CC1=C[C@H]2C(C(C)C)C(=O)CC(C)[C@H]2CC1=O. The molecule has 2 unspecified atom stereocenters. The van der Waals surface area contributed by atoms with Crippen LogP contribution in [0, 0.1) is 29.6 Å². The lowest BCUT2D eigenvalue weighted by Crippen LogP contribution is -2.44. The minimum absolute atomic E-state index is 0.124. The van der Waals surface area contributed by atoms with Crippen molar-refractivity contribution in [2.45, 2.75) is 40.5 Å². The Hall–Kier alpha value is -0.920. The van der Waals surface area contributed by atoms with E-state index in [0.717, 1.165) is 5.57 Å². The van der Waals surface area contributed by atoms with Crippen LogP contribution in [0.1, 0.15) is 40.5 Å². The second kappa shape index (κ2) is 4.40. The van der Waals surface area contributed by atoms with Gasteiger partial charge in [0.05, 0.1) is 0 Å². The van der Waals surface area contributed by atoms with Crippen LogP contribution >= 0.6 is 0 Å². The number of carbonyl (C=O) groups excluding carboxylic acids is 2. The molecule has 94 valence electrons. The smallest absolute Gasteiger partial charge is 0.158 e. The van der Waals surface area contributed by atoms with Gasteiger partial charge in [-0.1, -0.05) is 26.8 Å². The van der Waals surface area contributed by atoms with E-state index in [1.807, 2.05) is 6.92 Å². The van der Waals surface area contributed by atoms with Crippen molar-refractivity contribution in [3.05, 3.63) is 11.6 Å². The fraction of sp³-hybridized carbons (Fsp3) is 0.733. The molecule has 0 heterocycles. The van der Waals surface area contributed by atoms with E-state index in [1.54, 1.807) is 0 Å². The molecular weight excluding hydrogens is 212 g/mol. The number of hydrogen-bond acceptors (Lipinski definition) is 2. The van der Waals surface area contributed by atoms with E-state index in [4.69, 9.17) is 0 Å². The number of allylic oxidation sites excluding steroid dienone is 2. The minimum Gasteiger partial charge on any atom is -0.299 e. The molecule has 0 aromatic rings. The number of carbonyl (C=O) groups is 2. The third-order valence-electron chi connectivity index (χ3n) is 4.56. The maximum Gasteiger partial charge on any atom is 0.158 e. The number of fused-ring (bicyclic) bond motifs is 1. The van der Waals surface area contributed by atoms with Crippen LogP contribution in [0.15, 0.2) is 11.6 Å². The van der Waals surface area contributed by atoms with Gasteiger partial charge in [-0.25, -0.2) is 0 Å². The second-order valence-electron chi connectivity index (χ2n) is 6.14. The summed E-state index contributed by atoms with van der Waals surface area (Å²) in [5.74, 6) is 2.21. The summed E-state index contributed by atoms with van der Waals surface area (Å²) in [5, 5.41) is 0. The molecule has 2 rings (SSSR count). The Kier molecular flexibility index (Phi) is 3.24. The van der Waals surface area contributed by atoms with Gasteiger partial charge in [-0.2, -0.15) is 0 Å². The number of ketones is 2. The van der Waals surface area contributed by atoms with E-state index < -0.39 is 0 Å². The zero-order valence-electron chi connectivity index (χ0n) is 11.2. The number of hydrogen-bond donors (Lipinski definition) is 0. The summed E-state index contributed by atoms with van der Waals surface area (Å²) in [5.41, 5.74) is 0.860. The van der Waals surface area contributed by atoms with Crippen molar-refractivity contribution in [1.82, 2.24) is 0 Å². The van der Waals surface area contributed by atoms with Crippen molar-refractivity contribution in [3.8, 4) is 0 Å². The molecule has 0 saturated heterocycles. The molecule has 0 N–H and O–H groups in total. The molecule has 0 amide bonds. The Balaban J connectivity index is 2.37. The van der Waals surface area contributed by atoms with Crippen LogP contribution in [-0.4, -0.2) is 11.6 Å². The van der Waals surface area contributed by atoms with Gasteiger partial charge in [-0.05, 0) is 36.2 Å². The van der Waals surface area contributed by atoms with E-state index in [9.17, 15) is 9.59 Å². The maximum absolute atomic E-state index is 12.2. The minimum atomic E-state index is 0.124. The molecule has 0 spiro atoms. The van der Waals surface area contributed by atoms with Gasteiger partial charge < -0.3 is 0 Å². The van der Waals surface area contributed by atoms with Crippen molar-refractivity contribution < 1.29 is 9.59 Å². The first-order valence-corrected chi connectivity index (χ1v) is 6.66. The van der Waals surface area contributed by atoms with Crippen molar-refractivity contribution >= 4 is 11.6 Å². The average molecular weight is 234 g/mol. The van der Waals surface area contributed by atoms with E-state index >= 15 is 0 Å². The fourth-order valence-electron chi connectivity index (χ4n) is 3.60. The van der Waals surface area contributed by atoms with Crippen LogP contribution < -0.4 is 0 Å². The van der Waals surface area contributed by atoms with Crippen LogP contribution in [0.2, 0.25) is 0 Å². The Morgan fingerprint density at radius 3 is 2.47 bits per heavy atom. The van der Waals surface area contributed by atoms with E-state index in [-0.39, 0.29) is 11.7 Å². The molecule has 2 aliphatic carbocycles. The highest BCUT2D eigenvalue weighted by atomic mass is 16.1. The van der Waals surface area contributed by atoms with Crippen molar-refractivity contribution in [2.24, 2.45) is 29.6 Å². The van der Waals surface area contributed by atoms with Gasteiger partial charge in [0.1, 0.15) is 5.78 Å². The maximum atomic E-state index is 12.2. The summed E-state index contributed by atoms with van der Waals surface area (Å²) in [6.45, 7) is 8.25. The molecule has 17 heavy (non-hydrogen) atoms. The van der Waals surface area contributed by atoms with Crippen molar-refractivity contribution in [3.63, 3.8) is 0 Å². The Labute approximate surface area is 103 Å². The summed E-state index contributed by atoms with van der Waals surface area (Å²) in [6.07, 6.45) is 3.38. The lowest BCUT2D eigenvalue weighted by molar-refractivity contribution is -0.134. The zero-order valence-corrected chi connectivity index (χ0v) is 11.2. The summed E-state index contributed by atoms with van der Waals surface area (Å²) in [4.78, 5) is 24.0. The molecule has 2 nitrogen and oxygen atoms in total. The Morgan fingerprint density at radius 2 is 1.88 bits per heavy atom. The highest BCUT2D eigenvalue weighted by Gasteiger charge is 2.45. The summed E-state index contributed by atoms with van der Waals surface area (Å²) in [7, 11) is 0. The molecule has 1 saturated carbocycles. The molecule has 1 fully saturated rings. The molecule has 0 aromatic carbocycles. The lowest BCUT2D eigenvalue weighted by Gasteiger charge is -2.43. The second-order valence-corrected chi connectivity index (χ2v) is 6.14. The molecule has 0 radical (unpaired) electrons. The lowest BCUT2D eigenvalue weighted by atomic mass is 9.59. The van der Waals surface area contributed by atoms with Gasteiger partial charge in [0.15, 0.2) is 5.78 Å². The van der Waals surface area contributed by atoms with Gasteiger partial charge in [0, 0.05) is 18.8 Å². The first kappa shape index (κ1) is 12.5. The molecule has 2 heteroatoms. The Morgan fingerprint density at radius 1 is 1.24 bits per heavy atom. The largest absolute Gasteiger partial charge is 0.299 e. The molecule has 2 aliphatic rings. The molecule has 0 aromatic heterocycles. The van der Waals surface area contributed by atoms with Crippen LogP contribution in [0.3, 0.4) is 0 Å². The van der Waals surface area contributed by atoms with Crippen LogP contribution in [0.4, 0.5) is 0 Å². The zero-order chi connectivity index (χ0) is 12.7. The van der Waals surface area contributed by atoms with Gasteiger partial charge in [-0.15, -0.1) is 0 Å². The van der Waals surface area contributed by atoms with Crippen LogP contribution in [0.5, 0.6) is 0 Å².